The third-order valence-corrected chi connectivity index (χ3v) is 3.33. The van der Waals surface area contributed by atoms with Gasteiger partial charge in [0.2, 0.25) is 0 Å². The van der Waals surface area contributed by atoms with Gasteiger partial charge in [-0.05, 0) is 43.5 Å². The maximum atomic E-state index is 11.3. The van der Waals surface area contributed by atoms with Crippen LogP contribution in [0.3, 0.4) is 0 Å². The normalized spacial score (nSPS) is 10.7. The first-order valence-electron chi connectivity index (χ1n) is 6.94. The number of carbonyl (C=O) groups is 1. The van der Waals surface area contributed by atoms with E-state index in [0.717, 1.165) is 28.9 Å². The fourth-order valence-corrected chi connectivity index (χ4v) is 2.52. The monoisotopic (exact) mass is 288 g/mol. The average Bonchev–Trinajstić information content (AvgIpc) is 2.82. The van der Waals surface area contributed by atoms with E-state index >= 15 is 0 Å². The molecule has 0 spiro atoms. The number of hydrogen-bond donors (Lipinski definition) is 1. The van der Waals surface area contributed by atoms with Crippen LogP contribution >= 0.6 is 0 Å². The van der Waals surface area contributed by atoms with E-state index in [1.54, 1.807) is 13.2 Å². The van der Waals surface area contributed by atoms with Crippen molar-refractivity contribution in [3.8, 4) is 17.0 Å². The van der Waals surface area contributed by atoms with E-state index in [2.05, 4.69) is 5.10 Å². The van der Waals surface area contributed by atoms with E-state index in [1.807, 2.05) is 32.9 Å². The lowest BCUT2D eigenvalue weighted by Gasteiger charge is -2.11. The first-order valence-corrected chi connectivity index (χ1v) is 6.94. The minimum absolute atomic E-state index is 0.202. The van der Waals surface area contributed by atoms with Crippen LogP contribution in [0.4, 0.5) is 0 Å². The third-order valence-electron chi connectivity index (χ3n) is 3.33. The van der Waals surface area contributed by atoms with Crippen LogP contribution in [0.25, 0.3) is 11.3 Å². The van der Waals surface area contributed by atoms with Gasteiger partial charge in [-0.3, -0.25) is 4.68 Å². The first kappa shape index (κ1) is 15.1. The number of ether oxygens (including phenoxy) is 1. The van der Waals surface area contributed by atoms with Crippen LogP contribution in [0.1, 0.15) is 35.0 Å². The molecule has 1 aromatic carbocycles. The van der Waals surface area contributed by atoms with Crippen LogP contribution in [0.2, 0.25) is 0 Å². The van der Waals surface area contributed by atoms with Gasteiger partial charge in [0.25, 0.3) is 0 Å². The summed E-state index contributed by atoms with van der Waals surface area (Å²) < 4.78 is 6.99. The van der Waals surface area contributed by atoms with Crippen LogP contribution in [0.15, 0.2) is 18.2 Å². The number of carboxylic acid groups (broad SMARTS) is 1. The Bertz CT molecular complexity index is 674. The molecule has 112 valence electrons. The SMILES string of the molecule is CCCn1nc(-c2cc(C)cc(C)c2OC)cc1C(=O)O. The lowest BCUT2D eigenvalue weighted by molar-refractivity contribution is 0.0683. The van der Waals surface area contributed by atoms with Crippen molar-refractivity contribution in [2.24, 2.45) is 0 Å². The molecule has 0 fully saturated rings. The number of methoxy groups -OCH3 is 1. The quantitative estimate of drug-likeness (QED) is 0.917. The summed E-state index contributed by atoms with van der Waals surface area (Å²) in [5.41, 5.74) is 3.75. The van der Waals surface area contributed by atoms with Gasteiger partial charge in [-0.1, -0.05) is 13.0 Å². The van der Waals surface area contributed by atoms with E-state index in [0.29, 0.717) is 12.2 Å². The number of carboxylic acids is 1. The first-order chi connectivity index (χ1) is 9.97. The predicted molar refractivity (Wildman–Crippen MR) is 80.9 cm³/mol. The number of aromatic nitrogens is 2. The maximum absolute atomic E-state index is 11.3. The van der Waals surface area contributed by atoms with Crippen molar-refractivity contribution in [3.63, 3.8) is 0 Å². The molecular weight excluding hydrogens is 268 g/mol. The van der Waals surface area contributed by atoms with Crippen molar-refractivity contribution in [1.82, 2.24) is 9.78 Å². The lowest BCUT2D eigenvalue weighted by Crippen LogP contribution is -2.09. The minimum Gasteiger partial charge on any atom is -0.496 e. The summed E-state index contributed by atoms with van der Waals surface area (Å²) in [7, 11) is 1.61. The Morgan fingerprint density at radius 3 is 2.62 bits per heavy atom. The molecule has 0 amide bonds. The number of nitrogens with zero attached hydrogens (tertiary/aromatic N) is 2. The Morgan fingerprint density at radius 2 is 2.05 bits per heavy atom. The molecule has 1 N–H and O–H groups in total. The minimum atomic E-state index is -0.967. The molecular formula is C16H20N2O3. The largest absolute Gasteiger partial charge is 0.496 e. The van der Waals surface area contributed by atoms with Gasteiger partial charge in [0.05, 0.1) is 12.8 Å². The topological polar surface area (TPSA) is 64.4 Å². The zero-order chi connectivity index (χ0) is 15.6. The van der Waals surface area contributed by atoms with Crippen molar-refractivity contribution in [2.75, 3.05) is 7.11 Å². The fraction of sp³-hybridized carbons (Fsp3) is 0.375. The number of aromatic carboxylic acids is 1. The highest BCUT2D eigenvalue weighted by Gasteiger charge is 2.18. The molecule has 21 heavy (non-hydrogen) atoms. The summed E-state index contributed by atoms with van der Waals surface area (Å²) >= 11 is 0. The zero-order valence-electron chi connectivity index (χ0n) is 12.8. The molecule has 2 rings (SSSR count). The number of rotatable bonds is 5. The molecule has 0 bridgehead atoms. The average molecular weight is 288 g/mol. The Kier molecular flexibility index (Phi) is 4.31. The number of benzene rings is 1. The standard InChI is InChI=1S/C16H20N2O3/c1-5-6-18-14(16(19)20)9-13(17-18)12-8-10(2)7-11(3)15(12)21-4/h7-9H,5-6H2,1-4H3,(H,19,20). The van der Waals surface area contributed by atoms with E-state index < -0.39 is 5.97 Å². The fourth-order valence-electron chi connectivity index (χ4n) is 2.52. The summed E-state index contributed by atoms with van der Waals surface area (Å²) in [6, 6.07) is 5.61. The molecule has 5 nitrogen and oxygen atoms in total. The van der Waals surface area contributed by atoms with Crippen LogP contribution in [0, 0.1) is 13.8 Å². The van der Waals surface area contributed by atoms with Gasteiger partial charge < -0.3 is 9.84 Å². The van der Waals surface area contributed by atoms with E-state index in [9.17, 15) is 9.90 Å². The Balaban J connectivity index is 2.62. The molecule has 0 aliphatic rings. The van der Waals surface area contributed by atoms with E-state index in [4.69, 9.17) is 4.74 Å². The number of hydrogen-bond acceptors (Lipinski definition) is 3. The Labute approximate surface area is 124 Å². The molecule has 5 heteroatoms. The molecule has 0 unspecified atom stereocenters. The molecule has 0 saturated heterocycles. The molecule has 0 aliphatic carbocycles. The zero-order valence-corrected chi connectivity index (χ0v) is 12.8. The number of aryl methyl sites for hydroxylation is 3. The van der Waals surface area contributed by atoms with Crippen molar-refractivity contribution in [3.05, 3.63) is 35.0 Å². The van der Waals surface area contributed by atoms with Crippen LogP contribution in [-0.4, -0.2) is 28.0 Å². The Morgan fingerprint density at radius 1 is 1.33 bits per heavy atom. The summed E-state index contributed by atoms with van der Waals surface area (Å²) in [5, 5.41) is 13.7. The molecule has 1 heterocycles. The highest BCUT2D eigenvalue weighted by Crippen LogP contribution is 2.33. The van der Waals surface area contributed by atoms with Crippen LogP contribution in [-0.2, 0) is 6.54 Å². The van der Waals surface area contributed by atoms with Crippen molar-refractivity contribution >= 4 is 5.97 Å². The highest BCUT2D eigenvalue weighted by molar-refractivity contribution is 5.87. The van der Waals surface area contributed by atoms with Crippen molar-refractivity contribution in [1.29, 1.82) is 0 Å². The molecule has 1 aromatic heterocycles. The van der Waals surface area contributed by atoms with Gasteiger partial charge in [-0.25, -0.2) is 4.79 Å². The molecule has 2 aromatic rings. The summed E-state index contributed by atoms with van der Waals surface area (Å²) in [6.45, 7) is 6.53. The van der Waals surface area contributed by atoms with Gasteiger partial charge in [0, 0.05) is 12.1 Å². The van der Waals surface area contributed by atoms with Gasteiger partial charge in [0.15, 0.2) is 0 Å². The van der Waals surface area contributed by atoms with Gasteiger partial charge >= 0.3 is 5.97 Å². The molecule has 0 radical (unpaired) electrons. The summed E-state index contributed by atoms with van der Waals surface area (Å²) in [6.07, 6.45) is 0.825. The smallest absolute Gasteiger partial charge is 0.354 e. The predicted octanol–water partition coefficient (Wildman–Crippen LogP) is 3.28. The van der Waals surface area contributed by atoms with Gasteiger partial charge in [-0.15, -0.1) is 0 Å². The molecule has 0 saturated carbocycles. The van der Waals surface area contributed by atoms with E-state index in [1.165, 1.54) is 4.68 Å². The maximum Gasteiger partial charge on any atom is 0.354 e. The third kappa shape index (κ3) is 2.91. The van der Waals surface area contributed by atoms with Gasteiger partial charge in [-0.2, -0.15) is 5.10 Å². The van der Waals surface area contributed by atoms with Crippen LogP contribution < -0.4 is 4.74 Å². The second-order valence-corrected chi connectivity index (χ2v) is 5.11. The van der Waals surface area contributed by atoms with Crippen molar-refractivity contribution in [2.45, 2.75) is 33.7 Å². The second-order valence-electron chi connectivity index (χ2n) is 5.11. The molecule has 0 atom stereocenters. The van der Waals surface area contributed by atoms with E-state index in [-0.39, 0.29) is 5.69 Å². The van der Waals surface area contributed by atoms with Crippen molar-refractivity contribution < 1.29 is 14.6 Å². The summed E-state index contributed by atoms with van der Waals surface area (Å²) in [4.78, 5) is 11.3. The van der Waals surface area contributed by atoms with Gasteiger partial charge in [0.1, 0.15) is 11.4 Å². The lowest BCUT2D eigenvalue weighted by atomic mass is 10.0. The second kappa shape index (κ2) is 5.99. The Hall–Kier alpha value is -2.30. The molecule has 0 aliphatic heterocycles. The highest BCUT2D eigenvalue weighted by atomic mass is 16.5. The summed E-state index contributed by atoms with van der Waals surface area (Å²) in [5.74, 6) is -0.232. The van der Waals surface area contributed by atoms with Crippen LogP contribution in [0.5, 0.6) is 5.75 Å².